The summed E-state index contributed by atoms with van der Waals surface area (Å²) in [4.78, 5) is 12.0. The third-order valence-corrected chi connectivity index (χ3v) is 4.22. The summed E-state index contributed by atoms with van der Waals surface area (Å²) < 4.78 is 51.9. The lowest BCUT2D eigenvalue weighted by atomic mass is 9.96. The van der Waals surface area contributed by atoms with Gasteiger partial charge < -0.3 is 9.29 Å². The second-order valence-electron chi connectivity index (χ2n) is 5.21. The molecule has 2 aromatic rings. The molecule has 1 heterocycles. The number of halogens is 2. The van der Waals surface area contributed by atoms with Gasteiger partial charge in [-0.2, -0.15) is 0 Å². The molecule has 24 heavy (non-hydrogen) atoms. The molecule has 0 bridgehead atoms. The zero-order chi connectivity index (χ0) is 17.3. The van der Waals surface area contributed by atoms with Crippen molar-refractivity contribution in [1.82, 2.24) is 0 Å². The molecule has 7 heteroatoms. The van der Waals surface area contributed by atoms with Crippen LogP contribution in [0.3, 0.4) is 0 Å². The van der Waals surface area contributed by atoms with Crippen molar-refractivity contribution < 1.29 is 27.1 Å². The van der Waals surface area contributed by atoms with Crippen molar-refractivity contribution in [3.63, 3.8) is 0 Å². The molecule has 1 unspecified atom stereocenters. The van der Waals surface area contributed by atoms with Gasteiger partial charge in [-0.05, 0) is 29.3 Å². The van der Waals surface area contributed by atoms with Crippen LogP contribution in [-0.2, 0) is 26.4 Å². The number of hydrogen-bond donors (Lipinski definition) is 1. The van der Waals surface area contributed by atoms with Crippen LogP contribution in [0.25, 0.3) is 11.1 Å². The lowest BCUT2D eigenvalue weighted by molar-refractivity contribution is -0.133. The molecule has 0 aromatic heterocycles. The van der Waals surface area contributed by atoms with Gasteiger partial charge in [0.1, 0.15) is 18.2 Å². The molecule has 2 aromatic carbocycles. The first kappa shape index (κ1) is 16.5. The molecular formula is C17H12F2O4S. The Bertz CT molecular complexity index is 859. The van der Waals surface area contributed by atoms with Gasteiger partial charge in [-0.1, -0.05) is 24.3 Å². The smallest absolute Gasteiger partial charge is 0.339 e. The maximum absolute atomic E-state index is 14.1. The lowest BCUT2D eigenvalue weighted by Crippen LogP contribution is -1.99. The molecule has 0 amide bonds. The predicted molar refractivity (Wildman–Crippen MR) is 85.0 cm³/mol. The first-order chi connectivity index (χ1) is 11.5. The van der Waals surface area contributed by atoms with Gasteiger partial charge in [-0.15, -0.1) is 0 Å². The Labute approximate surface area is 139 Å². The summed E-state index contributed by atoms with van der Waals surface area (Å²) in [5.41, 5.74) is 1.77. The third kappa shape index (κ3) is 3.27. The van der Waals surface area contributed by atoms with E-state index in [2.05, 4.69) is 0 Å². The molecule has 0 saturated carbocycles. The average Bonchev–Trinajstić information content (AvgIpc) is 2.91. The van der Waals surface area contributed by atoms with Gasteiger partial charge in [0.2, 0.25) is 0 Å². The largest absolute Gasteiger partial charge is 0.457 e. The zero-order valence-electron chi connectivity index (χ0n) is 12.3. The van der Waals surface area contributed by atoms with E-state index in [0.717, 1.165) is 0 Å². The Morgan fingerprint density at radius 3 is 2.38 bits per heavy atom. The Morgan fingerprint density at radius 1 is 1.08 bits per heavy atom. The number of ether oxygens (including phenoxy) is 1. The molecular weight excluding hydrogens is 338 g/mol. The van der Waals surface area contributed by atoms with Crippen molar-refractivity contribution in [2.45, 2.75) is 5.75 Å². The molecule has 3 rings (SSSR count). The Hall–Kier alpha value is -2.38. The van der Waals surface area contributed by atoms with Gasteiger partial charge in [-0.3, -0.25) is 0 Å². The van der Waals surface area contributed by atoms with Gasteiger partial charge in [0, 0.05) is 11.1 Å². The summed E-state index contributed by atoms with van der Waals surface area (Å²) in [6.45, 7) is -0.0176. The molecule has 124 valence electrons. The highest BCUT2D eigenvalue weighted by Gasteiger charge is 2.27. The van der Waals surface area contributed by atoms with Gasteiger partial charge in [0.25, 0.3) is 0 Å². The Balaban J connectivity index is 2.05. The van der Waals surface area contributed by atoms with Crippen LogP contribution in [0.15, 0.2) is 42.5 Å². The summed E-state index contributed by atoms with van der Waals surface area (Å²) in [7, 11) is 0. The van der Waals surface area contributed by atoms with Crippen LogP contribution in [-0.4, -0.2) is 21.3 Å². The fourth-order valence-corrected chi connectivity index (χ4v) is 3.03. The van der Waals surface area contributed by atoms with Crippen LogP contribution in [0.5, 0.6) is 0 Å². The average molecular weight is 350 g/mol. The SMILES string of the molecule is O=C1OCC(c2ccc(CS(=O)O)c(F)c2)=C1c1ccc(F)cc1. The van der Waals surface area contributed by atoms with Crippen LogP contribution in [0.2, 0.25) is 0 Å². The summed E-state index contributed by atoms with van der Waals surface area (Å²) in [5, 5.41) is 0. The van der Waals surface area contributed by atoms with E-state index in [1.807, 2.05) is 0 Å². The summed E-state index contributed by atoms with van der Waals surface area (Å²) in [5.74, 6) is -1.94. The fraction of sp³-hybridized carbons (Fsp3) is 0.118. The van der Waals surface area contributed by atoms with Crippen LogP contribution in [0.4, 0.5) is 8.78 Å². The molecule has 0 aliphatic carbocycles. The van der Waals surface area contributed by atoms with E-state index < -0.39 is 28.7 Å². The summed E-state index contributed by atoms with van der Waals surface area (Å²) >= 11 is -2.15. The minimum absolute atomic E-state index is 0.0176. The molecule has 1 aliphatic heterocycles. The topological polar surface area (TPSA) is 63.6 Å². The quantitative estimate of drug-likeness (QED) is 0.680. The van der Waals surface area contributed by atoms with Crippen LogP contribution in [0, 0.1) is 11.6 Å². The van der Waals surface area contributed by atoms with Gasteiger partial charge in [-0.25, -0.2) is 17.8 Å². The predicted octanol–water partition coefficient (Wildman–Crippen LogP) is 3.15. The van der Waals surface area contributed by atoms with E-state index in [1.165, 1.54) is 36.4 Å². The van der Waals surface area contributed by atoms with E-state index >= 15 is 0 Å². The Kier molecular flexibility index (Phi) is 4.55. The zero-order valence-corrected chi connectivity index (χ0v) is 13.1. The summed E-state index contributed by atoms with van der Waals surface area (Å²) in [6.07, 6.45) is 0. The lowest BCUT2D eigenvalue weighted by Gasteiger charge is -2.07. The normalized spacial score (nSPS) is 15.5. The third-order valence-electron chi connectivity index (χ3n) is 3.67. The first-order valence-electron chi connectivity index (χ1n) is 6.98. The second-order valence-corrected chi connectivity index (χ2v) is 6.14. The van der Waals surface area contributed by atoms with Crippen molar-refractivity contribution in [2.75, 3.05) is 6.61 Å². The van der Waals surface area contributed by atoms with E-state index in [-0.39, 0.29) is 23.5 Å². The number of benzene rings is 2. The summed E-state index contributed by atoms with van der Waals surface area (Å²) in [6, 6.07) is 9.53. The minimum Gasteiger partial charge on any atom is -0.457 e. The maximum Gasteiger partial charge on any atom is 0.339 e. The number of hydrogen-bond acceptors (Lipinski definition) is 3. The molecule has 1 aliphatic rings. The van der Waals surface area contributed by atoms with Gasteiger partial charge in [0.05, 0.1) is 11.3 Å². The molecule has 0 spiro atoms. The number of rotatable bonds is 4. The van der Waals surface area contributed by atoms with E-state index in [9.17, 15) is 17.8 Å². The number of cyclic esters (lactones) is 1. The van der Waals surface area contributed by atoms with Crippen LogP contribution >= 0.6 is 0 Å². The highest BCUT2D eigenvalue weighted by molar-refractivity contribution is 7.78. The second kappa shape index (κ2) is 6.62. The van der Waals surface area contributed by atoms with Crippen molar-refractivity contribution in [3.8, 4) is 0 Å². The molecule has 4 nitrogen and oxygen atoms in total. The monoisotopic (exact) mass is 350 g/mol. The van der Waals surface area contributed by atoms with E-state index in [4.69, 9.17) is 9.29 Å². The highest BCUT2D eigenvalue weighted by atomic mass is 32.2. The maximum atomic E-state index is 14.1. The Morgan fingerprint density at radius 2 is 1.75 bits per heavy atom. The highest BCUT2D eigenvalue weighted by Crippen LogP contribution is 2.33. The van der Waals surface area contributed by atoms with Crippen LogP contribution < -0.4 is 0 Å². The first-order valence-corrected chi connectivity index (χ1v) is 8.26. The number of esters is 1. The standard InChI is InChI=1S/C17H12F2O4S/c18-13-5-3-10(4-6-13)16-14(8-23-17(16)20)11-1-2-12(9-24(21)22)15(19)7-11/h1-7H,8-9H2,(H,21,22). The molecule has 0 fully saturated rings. The molecule has 1 atom stereocenters. The molecule has 0 saturated heterocycles. The number of carbonyl (C=O) groups excluding carboxylic acids is 1. The van der Waals surface area contributed by atoms with E-state index in [0.29, 0.717) is 16.7 Å². The van der Waals surface area contributed by atoms with E-state index in [1.54, 1.807) is 6.07 Å². The van der Waals surface area contributed by atoms with Gasteiger partial charge >= 0.3 is 5.97 Å². The molecule has 0 radical (unpaired) electrons. The number of carbonyl (C=O) groups is 1. The minimum atomic E-state index is -2.15. The van der Waals surface area contributed by atoms with Crippen molar-refractivity contribution >= 4 is 28.2 Å². The molecule has 1 N–H and O–H groups in total. The van der Waals surface area contributed by atoms with Crippen molar-refractivity contribution in [2.24, 2.45) is 0 Å². The van der Waals surface area contributed by atoms with Crippen LogP contribution in [0.1, 0.15) is 16.7 Å². The van der Waals surface area contributed by atoms with Gasteiger partial charge in [0.15, 0.2) is 11.1 Å². The van der Waals surface area contributed by atoms with Crippen molar-refractivity contribution in [1.29, 1.82) is 0 Å². The fourth-order valence-electron chi connectivity index (χ4n) is 2.53. The van der Waals surface area contributed by atoms with Crippen molar-refractivity contribution in [3.05, 3.63) is 70.8 Å².